The van der Waals surface area contributed by atoms with Gasteiger partial charge < -0.3 is 10.2 Å². The van der Waals surface area contributed by atoms with Crippen LogP contribution in [0.2, 0.25) is 0 Å². The minimum Gasteiger partial charge on any atom is -0.356 e. The van der Waals surface area contributed by atoms with Crippen LogP contribution < -0.4 is 5.32 Å². The molecule has 0 radical (unpaired) electrons. The molecule has 6 heteroatoms. The van der Waals surface area contributed by atoms with Crippen molar-refractivity contribution in [1.82, 2.24) is 20.0 Å². The monoisotopic (exact) mass is 380 g/mol. The van der Waals surface area contributed by atoms with Gasteiger partial charge in [-0.05, 0) is 47.6 Å². The fourth-order valence-electron chi connectivity index (χ4n) is 2.12. The van der Waals surface area contributed by atoms with Crippen molar-refractivity contribution >= 4 is 33.3 Å². The smallest absolute Gasteiger partial charge is 0.169 e. The van der Waals surface area contributed by atoms with Crippen molar-refractivity contribution in [2.75, 3.05) is 7.05 Å². The van der Waals surface area contributed by atoms with Crippen LogP contribution in [0.25, 0.3) is 0 Å². The first-order valence-corrected chi connectivity index (χ1v) is 8.49. The van der Waals surface area contributed by atoms with Crippen LogP contribution >= 0.6 is 28.1 Å². The molecule has 0 amide bonds. The van der Waals surface area contributed by atoms with E-state index in [1.54, 1.807) is 0 Å². The Balaban J connectivity index is 1.95. The van der Waals surface area contributed by atoms with Crippen LogP contribution in [-0.2, 0) is 13.1 Å². The molecule has 0 bridgehead atoms. The zero-order valence-corrected chi connectivity index (χ0v) is 15.5. The topological polar surface area (TPSA) is 33.1 Å². The number of thiocarbonyl (C=S) groups is 1. The molecule has 0 aliphatic heterocycles. The van der Waals surface area contributed by atoms with Gasteiger partial charge in [0.2, 0.25) is 0 Å². The van der Waals surface area contributed by atoms with Crippen LogP contribution in [0, 0.1) is 0 Å². The number of aryl methyl sites for hydroxylation is 1. The lowest BCUT2D eigenvalue weighted by Crippen LogP contribution is -2.38. The van der Waals surface area contributed by atoms with E-state index in [1.165, 1.54) is 5.56 Å². The summed E-state index contributed by atoms with van der Waals surface area (Å²) in [5.41, 5.74) is 2.20. The first-order chi connectivity index (χ1) is 10.5. The van der Waals surface area contributed by atoms with E-state index < -0.39 is 0 Å². The molecule has 0 saturated heterocycles. The molecule has 0 spiro atoms. The van der Waals surface area contributed by atoms with E-state index in [-0.39, 0.29) is 6.04 Å². The highest BCUT2D eigenvalue weighted by molar-refractivity contribution is 9.10. The van der Waals surface area contributed by atoms with Gasteiger partial charge >= 0.3 is 0 Å². The lowest BCUT2D eigenvalue weighted by atomic mass is 10.1. The average molecular weight is 381 g/mol. The van der Waals surface area contributed by atoms with Crippen LogP contribution in [0.3, 0.4) is 0 Å². The third-order valence-electron chi connectivity index (χ3n) is 3.48. The van der Waals surface area contributed by atoms with E-state index >= 15 is 0 Å². The Hall–Kier alpha value is -1.40. The van der Waals surface area contributed by atoms with E-state index in [1.807, 2.05) is 41.0 Å². The Kier molecular flexibility index (Phi) is 5.97. The molecule has 0 aliphatic rings. The number of halogens is 1. The highest BCUT2D eigenvalue weighted by atomic mass is 79.9. The largest absolute Gasteiger partial charge is 0.356 e. The molecule has 2 aromatic rings. The molecule has 1 aromatic heterocycles. The van der Waals surface area contributed by atoms with Crippen molar-refractivity contribution in [2.24, 2.45) is 0 Å². The van der Waals surface area contributed by atoms with E-state index in [9.17, 15) is 0 Å². The van der Waals surface area contributed by atoms with Gasteiger partial charge in [0.1, 0.15) is 0 Å². The van der Waals surface area contributed by atoms with Crippen molar-refractivity contribution in [2.45, 2.75) is 33.0 Å². The van der Waals surface area contributed by atoms with Crippen LogP contribution in [0.1, 0.15) is 31.1 Å². The summed E-state index contributed by atoms with van der Waals surface area (Å²) < 4.78 is 2.93. The summed E-state index contributed by atoms with van der Waals surface area (Å²) in [6.45, 7) is 5.70. The fraction of sp³-hybridized carbons (Fsp3) is 0.375. The molecule has 1 heterocycles. The van der Waals surface area contributed by atoms with Crippen LogP contribution in [0.15, 0.2) is 41.0 Å². The third-order valence-corrected chi connectivity index (χ3v) is 4.58. The highest BCUT2D eigenvalue weighted by Gasteiger charge is 2.13. The van der Waals surface area contributed by atoms with Crippen molar-refractivity contribution < 1.29 is 0 Å². The van der Waals surface area contributed by atoms with Gasteiger partial charge in [-0.2, -0.15) is 5.10 Å². The van der Waals surface area contributed by atoms with Gasteiger partial charge in [0.05, 0.1) is 22.8 Å². The Morgan fingerprint density at radius 1 is 1.41 bits per heavy atom. The van der Waals surface area contributed by atoms with E-state index in [0.29, 0.717) is 11.7 Å². The molecule has 22 heavy (non-hydrogen) atoms. The molecule has 0 saturated carbocycles. The third kappa shape index (κ3) is 4.30. The van der Waals surface area contributed by atoms with Gasteiger partial charge in [-0.3, -0.25) is 4.68 Å². The number of hydrogen-bond acceptors (Lipinski definition) is 2. The molecule has 1 atom stereocenters. The van der Waals surface area contributed by atoms with Crippen molar-refractivity contribution in [3.63, 3.8) is 0 Å². The van der Waals surface area contributed by atoms with E-state index in [4.69, 9.17) is 12.2 Å². The maximum atomic E-state index is 5.50. The van der Waals surface area contributed by atoms with Crippen LogP contribution in [0.5, 0.6) is 0 Å². The molecule has 1 aromatic carbocycles. The Bertz CT molecular complexity index is 626. The minimum absolute atomic E-state index is 0.174. The molecule has 0 aliphatic carbocycles. The second-order valence-electron chi connectivity index (χ2n) is 5.22. The highest BCUT2D eigenvalue weighted by Crippen LogP contribution is 2.17. The summed E-state index contributed by atoms with van der Waals surface area (Å²) in [5, 5.41) is 8.61. The maximum absolute atomic E-state index is 5.50. The lowest BCUT2D eigenvalue weighted by molar-refractivity contribution is 0.465. The summed E-state index contributed by atoms with van der Waals surface area (Å²) in [4.78, 5) is 2.00. The summed E-state index contributed by atoms with van der Waals surface area (Å²) in [6, 6.07) is 10.5. The van der Waals surface area contributed by atoms with Crippen LogP contribution in [0.4, 0.5) is 0 Å². The second kappa shape index (κ2) is 7.74. The summed E-state index contributed by atoms with van der Waals surface area (Å²) >= 11 is 9.04. The quantitative estimate of drug-likeness (QED) is 0.801. The number of nitrogens with one attached hydrogen (secondary N) is 1. The van der Waals surface area contributed by atoms with Crippen molar-refractivity contribution in [1.29, 1.82) is 0 Å². The van der Waals surface area contributed by atoms with Gasteiger partial charge in [-0.25, -0.2) is 0 Å². The first-order valence-electron chi connectivity index (χ1n) is 7.29. The lowest BCUT2D eigenvalue weighted by Gasteiger charge is -2.24. The maximum Gasteiger partial charge on any atom is 0.169 e. The first kappa shape index (κ1) is 17.0. The zero-order chi connectivity index (χ0) is 16.1. The standard InChI is InChI=1S/C16H21BrN4S/c1-4-21-10-14(17)15(19-21)11-20(3)16(22)18-12(2)13-8-6-5-7-9-13/h5-10,12H,4,11H2,1-3H3,(H,18,22). The molecule has 1 N–H and O–H groups in total. The molecule has 0 fully saturated rings. The van der Waals surface area contributed by atoms with Gasteiger partial charge in [0.15, 0.2) is 5.11 Å². The average Bonchev–Trinajstić information content (AvgIpc) is 2.88. The molecule has 118 valence electrons. The Morgan fingerprint density at radius 2 is 2.09 bits per heavy atom. The molecular formula is C16H21BrN4S. The molecule has 2 rings (SSSR count). The minimum atomic E-state index is 0.174. The number of aromatic nitrogens is 2. The number of rotatable bonds is 5. The Labute approximate surface area is 145 Å². The molecule has 1 unspecified atom stereocenters. The normalized spacial score (nSPS) is 12.0. The predicted molar refractivity (Wildman–Crippen MR) is 97.7 cm³/mol. The van der Waals surface area contributed by atoms with E-state index in [0.717, 1.165) is 16.7 Å². The van der Waals surface area contributed by atoms with E-state index in [2.05, 4.69) is 52.3 Å². The summed E-state index contributed by atoms with van der Waals surface area (Å²) in [6.07, 6.45) is 1.99. The van der Waals surface area contributed by atoms with Crippen molar-refractivity contribution in [3.8, 4) is 0 Å². The van der Waals surface area contributed by atoms with Crippen molar-refractivity contribution in [3.05, 3.63) is 52.3 Å². The molecular weight excluding hydrogens is 360 g/mol. The fourth-order valence-corrected chi connectivity index (χ4v) is 2.81. The van der Waals surface area contributed by atoms with Crippen LogP contribution in [-0.4, -0.2) is 26.8 Å². The Morgan fingerprint density at radius 3 is 2.68 bits per heavy atom. The van der Waals surface area contributed by atoms with Gasteiger partial charge in [0.25, 0.3) is 0 Å². The molecule has 4 nitrogen and oxygen atoms in total. The summed E-state index contributed by atoms with van der Waals surface area (Å²) in [5.74, 6) is 0. The number of benzene rings is 1. The number of hydrogen-bond donors (Lipinski definition) is 1. The zero-order valence-electron chi connectivity index (χ0n) is 13.1. The van der Waals surface area contributed by atoms with Gasteiger partial charge in [-0.1, -0.05) is 30.3 Å². The number of nitrogens with zero attached hydrogens (tertiary/aromatic N) is 3. The SMILES string of the molecule is CCn1cc(Br)c(CN(C)C(=S)NC(C)c2ccccc2)n1. The van der Waals surface area contributed by atoms with Gasteiger partial charge in [-0.15, -0.1) is 0 Å². The predicted octanol–water partition coefficient (Wildman–Crippen LogP) is 3.73. The second-order valence-corrected chi connectivity index (χ2v) is 6.46. The summed E-state index contributed by atoms with van der Waals surface area (Å²) in [7, 11) is 1.98. The van der Waals surface area contributed by atoms with Gasteiger partial charge in [0, 0.05) is 19.8 Å².